The topological polar surface area (TPSA) is 95.7 Å². The van der Waals surface area contributed by atoms with Gasteiger partial charge in [-0.1, -0.05) is 49.8 Å². The first-order valence-electron chi connectivity index (χ1n) is 10.6. The smallest absolute Gasteiger partial charge is 0.434 e. The Balaban J connectivity index is 1.54. The van der Waals surface area contributed by atoms with E-state index in [0.717, 1.165) is 18.4 Å². The highest BCUT2D eigenvalue weighted by Crippen LogP contribution is 2.42. The van der Waals surface area contributed by atoms with Crippen molar-refractivity contribution in [1.82, 2.24) is 0 Å². The van der Waals surface area contributed by atoms with E-state index in [1.807, 2.05) is 6.07 Å². The van der Waals surface area contributed by atoms with E-state index in [2.05, 4.69) is 14.8 Å². The van der Waals surface area contributed by atoms with Crippen molar-refractivity contribution in [3.8, 4) is 11.1 Å². The molecule has 4 rings (SSSR count). The molecule has 0 radical (unpaired) electrons. The van der Waals surface area contributed by atoms with Gasteiger partial charge in [0.1, 0.15) is 14.0 Å². The third kappa shape index (κ3) is 3.94. The van der Waals surface area contributed by atoms with Gasteiger partial charge in [0.05, 0.1) is 17.1 Å². The molecule has 2 aromatic rings. The van der Waals surface area contributed by atoms with Crippen LogP contribution in [0.4, 0.5) is 10.5 Å². The Hall–Kier alpha value is -3.16. The van der Waals surface area contributed by atoms with E-state index in [1.54, 1.807) is 31.2 Å². The van der Waals surface area contributed by atoms with Gasteiger partial charge in [0, 0.05) is 17.2 Å². The second-order valence-electron chi connectivity index (χ2n) is 8.72. The van der Waals surface area contributed by atoms with E-state index in [9.17, 15) is 19.7 Å². The molecule has 0 heterocycles. The van der Waals surface area contributed by atoms with Crippen molar-refractivity contribution in [3.05, 3.63) is 63.2 Å². The zero-order valence-electron chi connectivity index (χ0n) is 17.8. The lowest BCUT2D eigenvalue weighted by Gasteiger charge is -2.18. The average Bonchev–Trinajstić information content (AvgIpc) is 3.21. The summed E-state index contributed by atoms with van der Waals surface area (Å²) in [6, 6.07) is 9.93. The lowest BCUT2D eigenvalue weighted by Crippen LogP contribution is -2.18. The molecule has 4 atom stereocenters. The molecule has 1 saturated carbocycles. The van der Waals surface area contributed by atoms with Crippen molar-refractivity contribution in [2.75, 3.05) is 6.61 Å². The van der Waals surface area contributed by atoms with Crippen LogP contribution < -0.4 is 0 Å². The van der Waals surface area contributed by atoms with Gasteiger partial charge in [-0.2, -0.15) is 0 Å². The predicted molar refractivity (Wildman–Crippen MR) is 117 cm³/mol. The van der Waals surface area contributed by atoms with Crippen molar-refractivity contribution < 1.29 is 24.0 Å². The summed E-state index contributed by atoms with van der Waals surface area (Å²) in [6.07, 6.45) is 0.376. The maximum Gasteiger partial charge on any atom is 0.508 e. The number of fused-ring (bicyclic) bond motifs is 3. The van der Waals surface area contributed by atoms with E-state index in [1.165, 1.54) is 6.07 Å². The predicted octanol–water partition coefficient (Wildman–Crippen LogP) is 4.49. The molecule has 2 aromatic carbocycles. The first kappa shape index (κ1) is 21.1. The largest absolute Gasteiger partial charge is 0.508 e. The number of rotatable bonds is 5. The number of carbonyl (C=O) groups is 2. The normalized spacial score (nSPS) is 22.5. The highest BCUT2D eigenvalue weighted by atomic mass is 16.7. The first-order chi connectivity index (χ1) is 14.8. The molecule has 7 nitrogen and oxygen atoms in total. The number of ketones is 1. The number of benzene rings is 2. The van der Waals surface area contributed by atoms with E-state index < -0.39 is 17.2 Å². The summed E-state index contributed by atoms with van der Waals surface area (Å²) in [4.78, 5) is 36.0. The van der Waals surface area contributed by atoms with Crippen LogP contribution >= 0.6 is 0 Å². The fraction of sp³-hybridized carbons (Fsp3) is 0.391. The molecule has 160 valence electrons. The van der Waals surface area contributed by atoms with E-state index in [4.69, 9.17) is 9.47 Å². The molecule has 8 heteroatoms. The summed E-state index contributed by atoms with van der Waals surface area (Å²) >= 11 is 0. The van der Waals surface area contributed by atoms with Crippen molar-refractivity contribution in [3.63, 3.8) is 0 Å². The quantitative estimate of drug-likeness (QED) is 0.261. The van der Waals surface area contributed by atoms with Crippen LogP contribution in [0, 0.1) is 22.0 Å². The molecule has 2 aliphatic carbocycles. The zero-order chi connectivity index (χ0) is 22.3. The van der Waals surface area contributed by atoms with Crippen molar-refractivity contribution in [2.45, 2.75) is 38.6 Å². The lowest BCUT2D eigenvalue weighted by atomic mass is 9.85. The van der Waals surface area contributed by atoms with Gasteiger partial charge in [0.2, 0.25) is 0 Å². The Bertz CT molecular complexity index is 1070. The Morgan fingerprint density at radius 2 is 1.90 bits per heavy atom. The Labute approximate surface area is 181 Å². The second kappa shape index (κ2) is 8.17. The third-order valence-electron chi connectivity index (χ3n) is 6.48. The minimum absolute atomic E-state index is 0.230. The minimum Gasteiger partial charge on any atom is -0.434 e. The summed E-state index contributed by atoms with van der Waals surface area (Å²) in [6.45, 7) is 4.00. The van der Waals surface area contributed by atoms with Crippen LogP contribution in [-0.2, 0) is 9.47 Å². The molecule has 0 N–H and O–H groups in total. The van der Waals surface area contributed by atoms with Crippen LogP contribution in [0.5, 0.6) is 0 Å². The van der Waals surface area contributed by atoms with Crippen LogP contribution in [-0.4, -0.2) is 31.3 Å². The number of nitrogens with zero attached hydrogens (tertiary/aromatic N) is 1. The summed E-state index contributed by atoms with van der Waals surface area (Å²) in [5, 5.41) is 11.7. The third-order valence-corrected chi connectivity index (χ3v) is 6.48. The molecule has 0 amide bonds. The number of nitro groups is 1. The van der Waals surface area contributed by atoms with Crippen molar-refractivity contribution >= 4 is 25.5 Å². The van der Waals surface area contributed by atoms with Gasteiger partial charge >= 0.3 is 6.16 Å². The van der Waals surface area contributed by atoms with Gasteiger partial charge in [0.25, 0.3) is 5.69 Å². The van der Waals surface area contributed by atoms with Gasteiger partial charge in [-0.15, -0.1) is 0 Å². The number of nitro benzene ring substituents is 1. The number of ether oxygens (including phenoxy) is 2. The molecule has 2 unspecified atom stereocenters. The molecule has 0 saturated heterocycles. The van der Waals surface area contributed by atoms with Gasteiger partial charge in [-0.05, 0) is 36.0 Å². The fourth-order valence-electron chi connectivity index (χ4n) is 4.88. The second-order valence-corrected chi connectivity index (χ2v) is 8.72. The highest BCUT2D eigenvalue weighted by Gasteiger charge is 2.33. The van der Waals surface area contributed by atoms with Gasteiger partial charge < -0.3 is 9.47 Å². The molecule has 0 aromatic heterocycles. The summed E-state index contributed by atoms with van der Waals surface area (Å²) < 4.78 is 10.7. The maximum absolute atomic E-state index is 12.7. The van der Waals surface area contributed by atoms with Crippen molar-refractivity contribution in [1.29, 1.82) is 0 Å². The molecule has 0 bridgehead atoms. The molecule has 0 aliphatic heterocycles. The Morgan fingerprint density at radius 1 is 1.19 bits per heavy atom. The molecule has 0 spiro atoms. The Morgan fingerprint density at radius 3 is 2.55 bits per heavy atom. The van der Waals surface area contributed by atoms with Crippen LogP contribution in [0.25, 0.3) is 11.1 Å². The van der Waals surface area contributed by atoms with E-state index >= 15 is 0 Å². The van der Waals surface area contributed by atoms with Gasteiger partial charge in [-0.3, -0.25) is 14.9 Å². The zero-order valence-corrected chi connectivity index (χ0v) is 17.8. The minimum atomic E-state index is -0.902. The van der Waals surface area contributed by atoms with E-state index in [0.29, 0.717) is 28.8 Å². The summed E-state index contributed by atoms with van der Waals surface area (Å²) in [5.74, 6) is 1.15. The highest BCUT2D eigenvalue weighted by molar-refractivity contribution is 6.22. The molecule has 2 aliphatic rings. The first-order valence-corrected chi connectivity index (χ1v) is 10.6. The van der Waals surface area contributed by atoms with Crippen LogP contribution in [0.15, 0.2) is 36.4 Å². The lowest BCUT2D eigenvalue weighted by molar-refractivity contribution is -0.386. The number of hydrogen-bond acceptors (Lipinski definition) is 6. The molecule has 31 heavy (non-hydrogen) atoms. The van der Waals surface area contributed by atoms with Crippen molar-refractivity contribution in [2.24, 2.45) is 11.8 Å². The summed E-state index contributed by atoms with van der Waals surface area (Å²) in [7, 11) is 2.19. The van der Waals surface area contributed by atoms with Crippen LogP contribution in [0.1, 0.15) is 54.3 Å². The van der Waals surface area contributed by atoms with E-state index in [-0.39, 0.29) is 29.2 Å². The van der Waals surface area contributed by atoms with Crippen LogP contribution in [0.2, 0.25) is 5.82 Å². The number of hydrogen-bond donors (Lipinski definition) is 0. The average molecular weight is 421 g/mol. The van der Waals surface area contributed by atoms with Crippen LogP contribution in [0.3, 0.4) is 0 Å². The maximum atomic E-state index is 12.7. The monoisotopic (exact) mass is 421 g/mol. The Kier molecular flexibility index (Phi) is 5.56. The molecular formula is C23H24BNO6. The SMILES string of the molecule is B[C@H]1CC(C)[C@@H](COC(=O)OC(C)c2cc3c(cc2[N+](=O)[O-])C(=O)c2ccccc2-3)C1. The molecule has 1 fully saturated rings. The number of carbonyl (C=O) groups excluding carboxylic acids is 2. The summed E-state index contributed by atoms with van der Waals surface area (Å²) in [5.41, 5.74) is 2.11. The standard InChI is InChI=1S/C23H24BNO6/c1-12-7-15(24)8-14(12)11-30-23(27)31-13(2)18-9-19-16-5-3-4-6-17(16)22(26)20(19)10-21(18)25(28)29/h3-6,9-10,12-15H,7-8,11,24H2,1-2H3/t12?,13?,14-,15+/m1/s1. The fourth-order valence-corrected chi connectivity index (χ4v) is 4.88. The van der Waals surface area contributed by atoms with Gasteiger partial charge in [-0.25, -0.2) is 4.79 Å². The van der Waals surface area contributed by atoms with Gasteiger partial charge in [0.15, 0.2) is 5.78 Å². The molecular weight excluding hydrogens is 397 g/mol.